The van der Waals surface area contributed by atoms with Crippen LogP contribution in [0.25, 0.3) is 0 Å². The third-order valence-corrected chi connectivity index (χ3v) is 4.17. The van der Waals surface area contributed by atoms with Crippen LogP contribution in [0.1, 0.15) is 46.5 Å². The maximum absolute atomic E-state index is 11.3. The van der Waals surface area contributed by atoms with E-state index in [0.717, 1.165) is 25.2 Å². The van der Waals surface area contributed by atoms with Gasteiger partial charge in [-0.2, -0.15) is 11.8 Å². The van der Waals surface area contributed by atoms with Gasteiger partial charge in [-0.1, -0.05) is 27.2 Å². The Morgan fingerprint density at radius 2 is 2.23 bits per heavy atom. The minimum absolute atomic E-state index is 0.475. The molecule has 2 unspecified atom stereocenters. The van der Waals surface area contributed by atoms with Gasteiger partial charge in [0, 0.05) is 18.1 Å². The molecule has 2 heteroatoms. The van der Waals surface area contributed by atoms with E-state index in [9.17, 15) is 4.79 Å². The Labute approximate surface area is 85.7 Å². The molecule has 0 saturated heterocycles. The lowest BCUT2D eigenvalue weighted by molar-refractivity contribution is -0.120. The predicted molar refractivity (Wildman–Crippen MR) is 59.2 cm³/mol. The normalized spacial score (nSPS) is 29.7. The second kappa shape index (κ2) is 5.04. The Morgan fingerprint density at radius 1 is 1.54 bits per heavy atom. The van der Waals surface area contributed by atoms with Crippen LogP contribution in [0.4, 0.5) is 0 Å². The second-order valence-corrected chi connectivity index (χ2v) is 5.99. The van der Waals surface area contributed by atoms with Crippen LogP contribution in [0, 0.1) is 5.92 Å². The molecule has 0 bridgehead atoms. The van der Waals surface area contributed by atoms with E-state index in [0.29, 0.717) is 16.3 Å². The number of carbonyl (C=O) groups excluding carboxylic acids is 1. The van der Waals surface area contributed by atoms with Gasteiger partial charge in [0.25, 0.3) is 0 Å². The summed E-state index contributed by atoms with van der Waals surface area (Å²) in [5, 5.41) is 1.26. The van der Waals surface area contributed by atoms with Crippen LogP contribution in [0.15, 0.2) is 0 Å². The Balaban J connectivity index is 2.49. The summed E-state index contributed by atoms with van der Waals surface area (Å²) in [5.74, 6) is 1.26. The zero-order valence-corrected chi connectivity index (χ0v) is 9.69. The van der Waals surface area contributed by atoms with E-state index in [1.165, 1.54) is 6.42 Å². The van der Waals surface area contributed by atoms with Gasteiger partial charge in [0.15, 0.2) is 0 Å². The van der Waals surface area contributed by atoms with Gasteiger partial charge in [0.2, 0.25) is 0 Å². The molecule has 0 amide bonds. The van der Waals surface area contributed by atoms with Crippen LogP contribution in [-0.4, -0.2) is 16.3 Å². The van der Waals surface area contributed by atoms with Gasteiger partial charge < -0.3 is 0 Å². The Hall–Kier alpha value is 0.0200. The van der Waals surface area contributed by atoms with Crippen molar-refractivity contribution in [3.63, 3.8) is 0 Å². The summed E-state index contributed by atoms with van der Waals surface area (Å²) in [5.41, 5.74) is 0. The van der Waals surface area contributed by atoms with Crippen molar-refractivity contribution in [3.8, 4) is 0 Å². The minimum Gasteiger partial charge on any atom is -0.300 e. The molecule has 1 saturated carbocycles. The molecule has 2 atom stereocenters. The average Bonchev–Trinajstić information content (AvgIpc) is 2.03. The smallest absolute Gasteiger partial charge is 0.134 e. The van der Waals surface area contributed by atoms with Crippen molar-refractivity contribution in [1.82, 2.24) is 0 Å². The highest BCUT2D eigenvalue weighted by atomic mass is 32.2. The Bertz CT molecular complexity index is 177. The SMILES string of the molecule is CCC1CCC(=O)CC1SC(C)C. The molecular weight excluding hydrogens is 180 g/mol. The average molecular weight is 200 g/mol. The topological polar surface area (TPSA) is 17.1 Å². The highest BCUT2D eigenvalue weighted by Gasteiger charge is 2.28. The number of thioether (sulfide) groups is 1. The first-order chi connectivity index (χ1) is 6.13. The van der Waals surface area contributed by atoms with Crippen molar-refractivity contribution in [1.29, 1.82) is 0 Å². The van der Waals surface area contributed by atoms with E-state index >= 15 is 0 Å². The molecular formula is C11H20OS. The van der Waals surface area contributed by atoms with Crippen molar-refractivity contribution in [3.05, 3.63) is 0 Å². The highest BCUT2D eigenvalue weighted by molar-refractivity contribution is 8.00. The lowest BCUT2D eigenvalue weighted by atomic mass is 9.86. The maximum Gasteiger partial charge on any atom is 0.134 e. The summed E-state index contributed by atoms with van der Waals surface area (Å²) in [7, 11) is 0. The van der Waals surface area contributed by atoms with Crippen LogP contribution in [-0.2, 0) is 4.79 Å². The number of rotatable bonds is 3. The van der Waals surface area contributed by atoms with Crippen molar-refractivity contribution >= 4 is 17.5 Å². The molecule has 1 nitrogen and oxygen atoms in total. The summed E-state index contributed by atoms with van der Waals surface area (Å²) in [6.45, 7) is 6.68. The molecule has 13 heavy (non-hydrogen) atoms. The van der Waals surface area contributed by atoms with Crippen molar-refractivity contribution in [2.24, 2.45) is 5.92 Å². The van der Waals surface area contributed by atoms with Crippen LogP contribution in [0.2, 0.25) is 0 Å². The molecule has 0 aromatic heterocycles. The van der Waals surface area contributed by atoms with Gasteiger partial charge in [-0.05, 0) is 17.6 Å². The number of hydrogen-bond acceptors (Lipinski definition) is 2. The van der Waals surface area contributed by atoms with Crippen LogP contribution < -0.4 is 0 Å². The fourth-order valence-electron chi connectivity index (χ4n) is 2.00. The number of ketones is 1. The molecule has 0 spiro atoms. The van der Waals surface area contributed by atoms with Gasteiger partial charge in [0.05, 0.1) is 0 Å². The highest BCUT2D eigenvalue weighted by Crippen LogP contribution is 2.35. The monoisotopic (exact) mass is 200 g/mol. The lowest BCUT2D eigenvalue weighted by Crippen LogP contribution is -2.27. The third-order valence-electron chi connectivity index (χ3n) is 2.72. The molecule has 1 rings (SSSR count). The lowest BCUT2D eigenvalue weighted by Gasteiger charge is -2.30. The molecule has 0 aromatic rings. The predicted octanol–water partition coefficient (Wildman–Crippen LogP) is 3.28. The molecule has 0 N–H and O–H groups in total. The molecule has 1 aliphatic rings. The number of hydrogen-bond donors (Lipinski definition) is 0. The van der Waals surface area contributed by atoms with Gasteiger partial charge in [-0.3, -0.25) is 4.79 Å². The summed E-state index contributed by atoms with van der Waals surface area (Å²) in [6, 6.07) is 0. The van der Waals surface area contributed by atoms with Crippen molar-refractivity contribution in [2.45, 2.75) is 57.0 Å². The minimum atomic E-state index is 0.475. The van der Waals surface area contributed by atoms with Crippen molar-refractivity contribution in [2.75, 3.05) is 0 Å². The summed E-state index contributed by atoms with van der Waals surface area (Å²) >= 11 is 1.99. The molecule has 0 aliphatic heterocycles. The molecule has 0 aromatic carbocycles. The first kappa shape index (κ1) is 11.1. The summed E-state index contributed by atoms with van der Waals surface area (Å²) in [4.78, 5) is 11.3. The zero-order chi connectivity index (χ0) is 9.84. The fraction of sp³-hybridized carbons (Fsp3) is 0.909. The van der Waals surface area contributed by atoms with E-state index in [1.807, 2.05) is 11.8 Å². The quantitative estimate of drug-likeness (QED) is 0.695. The van der Waals surface area contributed by atoms with Gasteiger partial charge in [-0.15, -0.1) is 0 Å². The van der Waals surface area contributed by atoms with E-state index in [4.69, 9.17) is 0 Å². The second-order valence-electron chi connectivity index (χ2n) is 4.17. The third kappa shape index (κ3) is 3.34. The maximum atomic E-state index is 11.3. The van der Waals surface area contributed by atoms with Crippen LogP contribution in [0.3, 0.4) is 0 Å². The van der Waals surface area contributed by atoms with E-state index in [1.54, 1.807) is 0 Å². The van der Waals surface area contributed by atoms with Gasteiger partial charge >= 0.3 is 0 Å². The standard InChI is InChI=1S/C11H20OS/c1-4-9-5-6-10(12)7-11(9)13-8(2)3/h8-9,11H,4-7H2,1-3H3. The number of Topliss-reactive ketones (excluding diaryl/α,β-unsaturated/α-hetero) is 1. The summed E-state index contributed by atoms with van der Waals surface area (Å²) in [6.07, 6.45) is 4.01. The van der Waals surface area contributed by atoms with Crippen molar-refractivity contribution < 1.29 is 4.79 Å². The fourth-order valence-corrected chi connectivity index (χ4v) is 3.53. The molecule has 0 heterocycles. The summed E-state index contributed by atoms with van der Waals surface area (Å²) < 4.78 is 0. The van der Waals surface area contributed by atoms with Gasteiger partial charge in [0.1, 0.15) is 5.78 Å². The molecule has 1 fully saturated rings. The Morgan fingerprint density at radius 3 is 2.77 bits per heavy atom. The molecule has 1 aliphatic carbocycles. The van der Waals surface area contributed by atoms with E-state index in [2.05, 4.69) is 20.8 Å². The van der Waals surface area contributed by atoms with Crippen LogP contribution >= 0.6 is 11.8 Å². The van der Waals surface area contributed by atoms with E-state index < -0.39 is 0 Å². The molecule has 0 radical (unpaired) electrons. The molecule has 76 valence electrons. The first-order valence-corrected chi connectivity index (χ1v) is 6.25. The first-order valence-electron chi connectivity index (χ1n) is 5.30. The zero-order valence-electron chi connectivity index (χ0n) is 8.88. The van der Waals surface area contributed by atoms with Crippen LogP contribution in [0.5, 0.6) is 0 Å². The van der Waals surface area contributed by atoms with E-state index in [-0.39, 0.29) is 0 Å². The largest absolute Gasteiger partial charge is 0.300 e. The Kier molecular flexibility index (Phi) is 4.30. The van der Waals surface area contributed by atoms with Gasteiger partial charge in [-0.25, -0.2) is 0 Å². The number of carbonyl (C=O) groups is 1.